The molecule has 0 amide bonds. The van der Waals surface area contributed by atoms with Crippen molar-refractivity contribution < 1.29 is 0 Å². The summed E-state index contributed by atoms with van der Waals surface area (Å²) in [6, 6.07) is 16.1. The van der Waals surface area contributed by atoms with E-state index in [1.807, 2.05) is 0 Å². The summed E-state index contributed by atoms with van der Waals surface area (Å²) in [4.78, 5) is 0. The van der Waals surface area contributed by atoms with E-state index in [0.29, 0.717) is 11.3 Å². The first-order chi connectivity index (χ1) is 13.5. The van der Waals surface area contributed by atoms with Crippen molar-refractivity contribution in [2.45, 2.75) is 65.2 Å². The van der Waals surface area contributed by atoms with E-state index in [2.05, 4.69) is 68.6 Å². The van der Waals surface area contributed by atoms with Crippen LogP contribution < -0.4 is 5.32 Å². The highest BCUT2D eigenvalue weighted by Gasteiger charge is 2.54. The average molecular weight is 374 g/mol. The number of benzene rings is 2. The summed E-state index contributed by atoms with van der Waals surface area (Å²) >= 11 is 0. The van der Waals surface area contributed by atoms with Gasteiger partial charge in [0.1, 0.15) is 0 Å². The molecule has 1 N–H and O–H groups in total. The molecule has 0 aliphatic heterocycles. The largest absolute Gasteiger partial charge is 0.384 e. The highest BCUT2D eigenvalue weighted by molar-refractivity contribution is 5.58. The van der Waals surface area contributed by atoms with Crippen molar-refractivity contribution in [2.75, 3.05) is 11.9 Å². The van der Waals surface area contributed by atoms with Crippen LogP contribution in [0.3, 0.4) is 0 Å². The summed E-state index contributed by atoms with van der Waals surface area (Å²) in [5, 5.41) is 3.93. The number of aryl methyl sites for hydroxylation is 3. The molecule has 1 atom stereocenters. The lowest BCUT2D eigenvalue weighted by Crippen LogP contribution is -2.50. The third kappa shape index (κ3) is 3.17. The summed E-state index contributed by atoms with van der Waals surface area (Å²) in [6.45, 7) is 7.78. The zero-order valence-electron chi connectivity index (χ0n) is 17.8. The summed E-state index contributed by atoms with van der Waals surface area (Å²) in [7, 11) is 0. The third-order valence-electron chi connectivity index (χ3n) is 8.19. The van der Waals surface area contributed by atoms with Crippen LogP contribution in [0.25, 0.3) is 0 Å². The molecular weight excluding hydrogens is 338 g/mol. The van der Waals surface area contributed by atoms with Gasteiger partial charge in [-0.05, 0) is 99.2 Å². The maximum Gasteiger partial charge on any atom is 0.0399 e. The van der Waals surface area contributed by atoms with Crippen molar-refractivity contribution in [3.8, 4) is 0 Å². The summed E-state index contributed by atoms with van der Waals surface area (Å²) in [5.41, 5.74) is 7.57. The molecule has 1 nitrogen and oxygen atoms in total. The topological polar surface area (TPSA) is 12.0 Å². The molecule has 0 saturated heterocycles. The van der Waals surface area contributed by atoms with Gasteiger partial charge in [-0.15, -0.1) is 0 Å². The number of hydrogen-bond donors (Lipinski definition) is 1. The van der Waals surface area contributed by atoms with Gasteiger partial charge in [-0.3, -0.25) is 0 Å². The molecule has 4 aliphatic carbocycles. The van der Waals surface area contributed by atoms with E-state index in [0.717, 1.165) is 24.3 Å². The molecule has 0 heterocycles. The lowest BCUT2D eigenvalue weighted by atomic mass is 9.46. The minimum atomic E-state index is 0.523. The lowest BCUT2D eigenvalue weighted by Gasteiger charge is -2.59. The first kappa shape index (κ1) is 18.3. The Morgan fingerprint density at radius 1 is 0.857 bits per heavy atom. The van der Waals surface area contributed by atoms with Gasteiger partial charge in [0.2, 0.25) is 0 Å². The zero-order valence-corrected chi connectivity index (χ0v) is 17.8. The molecule has 4 bridgehead atoms. The van der Waals surface area contributed by atoms with Crippen LogP contribution in [0.15, 0.2) is 42.5 Å². The van der Waals surface area contributed by atoms with Gasteiger partial charge in [0.05, 0.1) is 0 Å². The molecule has 28 heavy (non-hydrogen) atoms. The second-order valence-electron chi connectivity index (χ2n) is 10.4. The molecule has 2 aromatic rings. The molecule has 4 fully saturated rings. The number of nitrogens with one attached hydrogen (secondary N) is 1. The Bertz CT molecular complexity index is 792. The van der Waals surface area contributed by atoms with E-state index in [4.69, 9.17) is 0 Å². The van der Waals surface area contributed by atoms with Crippen LogP contribution in [0.2, 0.25) is 0 Å². The van der Waals surface area contributed by atoms with E-state index in [1.54, 1.807) is 5.56 Å². The Labute approximate surface area is 170 Å². The molecule has 0 unspecified atom stereocenters. The Morgan fingerprint density at radius 3 is 1.93 bits per heavy atom. The van der Waals surface area contributed by atoms with Crippen LogP contribution in [-0.2, 0) is 0 Å². The molecule has 1 heteroatoms. The van der Waals surface area contributed by atoms with E-state index in [1.165, 1.54) is 60.9 Å². The van der Waals surface area contributed by atoms with Crippen molar-refractivity contribution in [3.63, 3.8) is 0 Å². The number of anilines is 1. The van der Waals surface area contributed by atoms with Gasteiger partial charge in [-0.1, -0.05) is 48.0 Å². The minimum Gasteiger partial charge on any atom is -0.384 e. The second kappa shape index (κ2) is 6.94. The fraction of sp³-hybridized carbons (Fsp3) is 0.556. The molecule has 0 radical (unpaired) electrons. The smallest absolute Gasteiger partial charge is 0.0399 e. The fourth-order valence-corrected chi connectivity index (χ4v) is 7.64. The predicted molar refractivity (Wildman–Crippen MR) is 119 cm³/mol. The predicted octanol–water partition coefficient (Wildman–Crippen LogP) is 7.02. The monoisotopic (exact) mass is 373 g/mol. The average Bonchev–Trinajstić information content (AvgIpc) is 2.63. The molecule has 4 saturated carbocycles. The fourth-order valence-electron chi connectivity index (χ4n) is 7.64. The summed E-state index contributed by atoms with van der Waals surface area (Å²) in [6.07, 6.45) is 8.95. The van der Waals surface area contributed by atoms with Crippen molar-refractivity contribution >= 4 is 5.69 Å². The maximum absolute atomic E-state index is 3.93. The quantitative estimate of drug-likeness (QED) is 0.593. The SMILES string of the molecule is Cc1cc(C)c(NC[C@H](c2ccccc2)C23CC4CC(CC(C4)C2)C3)c(C)c1. The molecular formula is C27H35N. The standard InChI is InChI=1S/C27H35N/c1-18-9-19(2)26(20(3)10-18)28-17-25(24-7-5-4-6-8-24)27-14-21-11-22(15-27)13-23(12-21)16-27/h4-10,21-23,25,28H,11-17H2,1-3H3/t21?,22?,23?,25-,27?/m1/s1. The van der Waals surface area contributed by atoms with Gasteiger partial charge in [-0.2, -0.15) is 0 Å². The van der Waals surface area contributed by atoms with E-state index >= 15 is 0 Å². The summed E-state index contributed by atoms with van der Waals surface area (Å²) < 4.78 is 0. The number of rotatable bonds is 5. The Balaban J connectivity index is 1.47. The van der Waals surface area contributed by atoms with E-state index in [-0.39, 0.29) is 0 Å². The van der Waals surface area contributed by atoms with Crippen molar-refractivity contribution in [3.05, 3.63) is 64.7 Å². The molecule has 148 valence electrons. The minimum absolute atomic E-state index is 0.523. The van der Waals surface area contributed by atoms with Crippen LogP contribution in [0, 0.1) is 43.9 Å². The van der Waals surface area contributed by atoms with Crippen molar-refractivity contribution in [1.29, 1.82) is 0 Å². The lowest BCUT2D eigenvalue weighted by molar-refractivity contribution is -0.0664. The molecule has 4 aliphatic rings. The molecule has 6 rings (SSSR count). The Kier molecular flexibility index (Phi) is 4.53. The first-order valence-corrected chi connectivity index (χ1v) is 11.4. The van der Waals surface area contributed by atoms with Crippen LogP contribution in [0.5, 0.6) is 0 Å². The van der Waals surface area contributed by atoms with Crippen molar-refractivity contribution in [1.82, 2.24) is 0 Å². The van der Waals surface area contributed by atoms with Gasteiger partial charge >= 0.3 is 0 Å². The summed E-state index contributed by atoms with van der Waals surface area (Å²) in [5.74, 6) is 3.63. The normalized spacial score (nSPS) is 31.8. The number of hydrogen-bond acceptors (Lipinski definition) is 1. The van der Waals surface area contributed by atoms with Gasteiger partial charge in [0, 0.05) is 18.2 Å². The van der Waals surface area contributed by atoms with Crippen LogP contribution in [-0.4, -0.2) is 6.54 Å². The second-order valence-corrected chi connectivity index (χ2v) is 10.4. The maximum atomic E-state index is 3.93. The van der Waals surface area contributed by atoms with E-state index < -0.39 is 0 Å². The Hall–Kier alpha value is -1.76. The van der Waals surface area contributed by atoms with Crippen LogP contribution in [0.4, 0.5) is 5.69 Å². The van der Waals surface area contributed by atoms with Crippen LogP contribution >= 0.6 is 0 Å². The van der Waals surface area contributed by atoms with Gasteiger partial charge in [0.15, 0.2) is 0 Å². The Morgan fingerprint density at radius 2 is 1.39 bits per heavy atom. The van der Waals surface area contributed by atoms with E-state index in [9.17, 15) is 0 Å². The highest BCUT2D eigenvalue weighted by Crippen LogP contribution is 2.64. The van der Waals surface area contributed by atoms with Gasteiger partial charge < -0.3 is 5.32 Å². The highest BCUT2D eigenvalue weighted by atomic mass is 14.9. The molecule has 0 aromatic heterocycles. The first-order valence-electron chi connectivity index (χ1n) is 11.4. The van der Waals surface area contributed by atoms with Crippen molar-refractivity contribution in [2.24, 2.45) is 23.2 Å². The van der Waals surface area contributed by atoms with Crippen LogP contribution in [0.1, 0.15) is 66.7 Å². The third-order valence-corrected chi connectivity index (χ3v) is 8.19. The molecule has 2 aromatic carbocycles. The van der Waals surface area contributed by atoms with Gasteiger partial charge in [0.25, 0.3) is 0 Å². The molecule has 0 spiro atoms. The van der Waals surface area contributed by atoms with Gasteiger partial charge in [-0.25, -0.2) is 0 Å². The zero-order chi connectivity index (χ0) is 19.3.